The number of aromatic nitrogens is 4. The number of tetrazole rings is 1. The van der Waals surface area contributed by atoms with Crippen LogP contribution in [0.2, 0.25) is 0 Å². The van der Waals surface area contributed by atoms with E-state index in [1.807, 2.05) is 6.07 Å². The maximum absolute atomic E-state index is 13.5. The normalized spacial score (nSPS) is 20.9. The van der Waals surface area contributed by atoms with E-state index in [0.717, 1.165) is 11.8 Å². The summed E-state index contributed by atoms with van der Waals surface area (Å²) in [4.78, 5) is 53.3. The maximum Gasteiger partial charge on any atom is 0.355 e. The van der Waals surface area contributed by atoms with Crippen LogP contribution in [0.3, 0.4) is 0 Å². The Morgan fingerprint density at radius 1 is 1.33 bits per heavy atom. The Labute approximate surface area is 236 Å². The van der Waals surface area contributed by atoms with Gasteiger partial charge in [0, 0.05) is 31.2 Å². The number of amides is 2. The van der Waals surface area contributed by atoms with E-state index < -0.39 is 46.5 Å². The Balaban J connectivity index is 1.60. The zero-order chi connectivity index (χ0) is 28.2. The van der Waals surface area contributed by atoms with Crippen molar-refractivity contribution in [1.29, 1.82) is 5.26 Å². The van der Waals surface area contributed by atoms with Gasteiger partial charge in [-0.3, -0.25) is 19.3 Å². The number of methoxy groups -OCH3 is 1. The van der Waals surface area contributed by atoms with Crippen molar-refractivity contribution in [2.45, 2.75) is 21.5 Å². The van der Waals surface area contributed by atoms with Gasteiger partial charge >= 0.3 is 5.97 Å². The number of nitriles is 1. The number of rotatable bonds is 11. The van der Waals surface area contributed by atoms with Crippen LogP contribution in [-0.2, 0) is 30.9 Å². The van der Waals surface area contributed by atoms with Gasteiger partial charge in [-0.05, 0) is 22.3 Å². The molecule has 4 rings (SSSR count). The topological polar surface area (TPSA) is 169 Å². The Bertz CT molecular complexity index is 1360. The van der Waals surface area contributed by atoms with E-state index in [1.165, 1.54) is 40.2 Å². The molecule has 1 fully saturated rings. The quantitative estimate of drug-likeness (QED) is 0.127. The maximum atomic E-state index is 13.5. The van der Waals surface area contributed by atoms with Gasteiger partial charge in [-0.2, -0.15) is 5.26 Å². The Kier molecular flexibility index (Phi) is 8.95. The van der Waals surface area contributed by atoms with E-state index in [4.69, 9.17) is 9.47 Å². The van der Waals surface area contributed by atoms with Gasteiger partial charge < -0.3 is 14.8 Å². The number of benzene rings is 1. The first-order valence-corrected chi connectivity index (χ1v) is 14.7. The average molecular weight is 590 g/mol. The van der Waals surface area contributed by atoms with Gasteiger partial charge in [0.25, 0.3) is 11.6 Å². The lowest BCUT2D eigenvalue weighted by molar-refractivity contribution is -0.192. The first-order chi connectivity index (χ1) is 18.8. The van der Waals surface area contributed by atoms with Crippen LogP contribution in [0, 0.1) is 11.3 Å². The molecule has 13 nitrogen and oxygen atoms in total. The Morgan fingerprint density at radius 3 is 2.69 bits per heavy atom. The van der Waals surface area contributed by atoms with Gasteiger partial charge in [0.15, 0.2) is 17.6 Å². The molecule has 1 aromatic carbocycles. The molecule has 1 saturated heterocycles. The molecule has 3 heterocycles. The van der Waals surface area contributed by atoms with Crippen molar-refractivity contribution in [3.8, 4) is 6.07 Å². The van der Waals surface area contributed by atoms with E-state index in [0.29, 0.717) is 16.3 Å². The molecule has 16 heteroatoms. The highest BCUT2D eigenvalue weighted by molar-refractivity contribution is 8.01. The minimum atomic E-state index is -1.77. The second-order valence-electron chi connectivity index (χ2n) is 8.20. The number of aryl methyl sites for hydroxylation is 1. The molecule has 39 heavy (non-hydrogen) atoms. The number of nitrogens with one attached hydrogen (secondary N) is 1. The first-order valence-electron chi connectivity index (χ1n) is 11.3. The fourth-order valence-electron chi connectivity index (χ4n) is 3.91. The summed E-state index contributed by atoms with van der Waals surface area (Å²) >= 11 is 3.56. The molecule has 3 atom stereocenters. The lowest BCUT2D eigenvalue weighted by atomic mass is 9.98. The summed E-state index contributed by atoms with van der Waals surface area (Å²) in [5, 5.41) is 21.8. The summed E-state index contributed by atoms with van der Waals surface area (Å²) in [7, 11) is 2.94. The number of hydrogen-bond donors (Lipinski definition) is 1. The standard InChI is InChI=1S/C23H23N7O6S3/c1-29-22(26-27-28-29)39-12-14-11-38-21-23(35-2,25-18(32)16(9-24)37-3)20(34)30(21)17(14)19(33)36-10-15(31)13-7-5-4-6-8-13/h4-8,16,21H,10-12H2,1-3H3,(H,25,32)/t16?,21-,23-/m0/s1. The number of ketones is 1. The molecular weight excluding hydrogens is 566 g/mol. The second-order valence-corrected chi connectivity index (χ2v) is 11.2. The second kappa shape index (κ2) is 12.2. The summed E-state index contributed by atoms with van der Waals surface area (Å²) in [5.41, 5.74) is -0.867. The number of hydrogen-bond acceptors (Lipinski definition) is 13. The summed E-state index contributed by atoms with van der Waals surface area (Å²) in [5.74, 6) is -2.10. The third kappa shape index (κ3) is 5.53. The zero-order valence-electron chi connectivity index (χ0n) is 21.0. The van der Waals surface area contributed by atoms with E-state index in [-0.39, 0.29) is 17.2 Å². The van der Waals surface area contributed by atoms with Crippen molar-refractivity contribution in [3.05, 3.63) is 47.2 Å². The number of ether oxygens (including phenoxy) is 2. The minimum absolute atomic E-state index is 0.0316. The molecule has 0 spiro atoms. The van der Waals surface area contributed by atoms with Crippen molar-refractivity contribution in [3.63, 3.8) is 0 Å². The predicted octanol–water partition coefficient (Wildman–Crippen LogP) is 0.612. The number of carbonyl (C=O) groups is 4. The fraction of sp³-hybridized carbons (Fsp3) is 0.391. The number of nitrogens with zero attached hydrogens (tertiary/aromatic N) is 6. The number of fused-ring (bicyclic) bond motifs is 1. The molecule has 2 aliphatic rings. The highest BCUT2D eigenvalue weighted by Gasteiger charge is 2.67. The van der Waals surface area contributed by atoms with Crippen molar-refractivity contribution < 1.29 is 28.7 Å². The fourth-order valence-corrected chi connectivity index (χ4v) is 6.72. The third-order valence-corrected chi connectivity index (χ3v) is 9.17. The number of carbonyl (C=O) groups excluding carboxylic acids is 4. The van der Waals surface area contributed by atoms with Crippen molar-refractivity contribution in [2.24, 2.45) is 7.05 Å². The Morgan fingerprint density at radius 2 is 2.08 bits per heavy atom. The van der Waals surface area contributed by atoms with Crippen molar-refractivity contribution in [1.82, 2.24) is 30.4 Å². The monoisotopic (exact) mass is 589 g/mol. The van der Waals surface area contributed by atoms with Crippen LogP contribution >= 0.6 is 35.3 Å². The van der Waals surface area contributed by atoms with E-state index in [2.05, 4.69) is 20.8 Å². The van der Waals surface area contributed by atoms with Gasteiger partial charge in [0.1, 0.15) is 11.1 Å². The van der Waals surface area contributed by atoms with Gasteiger partial charge in [0.05, 0.1) is 6.07 Å². The highest BCUT2D eigenvalue weighted by atomic mass is 32.2. The van der Waals surface area contributed by atoms with Gasteiger partial charge in [0.2, 0.25) is 11.1 Å². The van der Waals surface area contributed by atoms with Crippen LogP contribution in [0.5, 0.6) is 0 Å². The summed E-state index contributed by atoms with van der Waals surface area (Å²) in [6.45, 7) is -0.524. The Hall–Kier alpha value is -3.39. The van der Waals surface area contributed by atoms with Gasteiger partial charge in [-0.25, -0.2) is 9.48 Å². The smallest absolute Gasteiger partial charge is 0.355 e. The molecule has 1 unspecified atom stereocenters. The molecule has 2 aromatic rings. The summed E-state index contributed by atoms with van der Waals surface area (Å²) in [6.07, 6.45) is 1.60. The minimum Gasteiger partial charge on any atom is -0.453 e. The molecule has 0 saturated carbocycles. The van der Waals surface area contributed by atoms with Crippen LogP contribution in [0.25, 0.3) is 0 Å². The molecule has 0 aliphatic carbocycles. The molecule has 1 N–H and O–H groups in total. The lowest BCUT2D eigenvalue weighted by Crippen LogP contribution is -2.81. The van der Waals surface area contributed by atoms with E-state index in [1.54, 1.807) is 43.6 Å². The largest absolute Gasteiger partial charge is 0.453 e. The predicted molar refractivity (Wildman–Crippen MR) is 142 cm³/mol. The molecule has 0 radical (unpaired) electrons. The van der Waals surface area contributed by atoms with E-state index >= 15 is 0 Å². The number of thioether (sulfide) groups is 3. The number of β-lactam (4-membered cyclic amide) rings is 1. The average Bonchev–Trinajstić information content (AvgIpc) is 3.37. The van der Waals surface area contributed by atoms with Crippen LogP contribution in [0.4, 0.5) is 0 Å². The molecule has 204 valence electrons. The summed E-state index contributed by atoms with van der Waals surface area (Å²) in [6, 6.07) is 10.2. The highest BCUT2D eigenvalue weighted by Crippen LogP contribution is 2.47. The third-order valence-electron chi connectivity index (χ3n) is 5.91. The molecule has 0 bridgehead atoms. The van der Waals surface area contributed by atoms with Crippen LogP contribution < -0.4 is 5.32 Å². The lowest BCUT2D eigenvalue weighted by Gasteiger charge is -2.56. The molecular formula is C23H23N7O6S3. The van der Waals surface area contributed by atoms with Crippen LogP contribution in [-0.4, -0.2) is 96.5 Å². The SMILES string of the molecule is CO[C@@]1(NC(=O)C(C#N)SC)C(=O)N2C(C(=O)OCC(=O)c3ccccc3)=C(CSc3nnnn3C)CS[C@H]21. The van der Waals surface area contributed by atoms with E-state index in [9.17, 15) is 24.4 Å². The molecule has 1 aromatic heterocycles. The zero-order valence-corrected chi connectivity index (χ0v) is 23.5. The summed E-state index contributed by atoms with van der Waals surface area (Å²) < 4.78 is 12.3. The van der Waals surface area contributed by atoms with Gasteiger partial charge in [-0.15, -0.1) is 28.6 Å². The van der Waals surface area contributed by atoms with Gasteiger partial charge in [-0.1, -0.05) is 42.1 Å². The van der Waals surface area contributed by atoms with Crippen molar-refractivity contribution >= 4 is 58.9 Å². The van der Waals surface area contributed by atoms with Crippen LogP contribution in [0.15, 0.2) is 46.8 Å². The van der Waals surface area contributed by atoms with Crippen molar-refractivity contribution in [2.75, 3.05) is 31.5 Å². The molecule has 2 aliphatic heterocycles. The number of esters is 1. The number of Topliss-reactive ketones (excluding diaryl/α,β-unsaturated/α-hetero) is 1. The first kappa shape index (κ1) is 28.6. The molecule has 2 amide bonds. The van der Waals surface area contributed by atoms with Crippen LogP contribution in [0.1, 0.15) is 10.4 Å².